The van der Waals surface area contributed by atoms with Crippen LogP contribution in [0, 0.1) is 0 Å². The maximum absolute atomic E-state index is 4.25. The summed E-state index contributed by atoms with van der Waals surface area (Å²) in [5.74, 6) is 0. The van der Waals surface area contributed by atoms with Gasteiger partial charge in [0.1, 0.15) is 0 Å². The molecule has 0 bridgehead atoms. The highest BCUT2D eigenvalue weighted by molar-refractivity contribution is 5.22. The van der Waals surface area contributed by atoms with Gasteiger partial charge >= 0.3 is 0 Å². The van der Waals surface area contributed by atoms with Crippen LogP contribution in [0.4, 0.5) is 0 Å². The fraction of sp³-hybridized carbons (Fsp3) is 0.472. The van der Waals surface area contributed by atoms with Gasteiger partial charge in [-0.2, -0.15) is 5.10 Å². The van der Waals surface area contributed by atoms with Gasteiger partial charge in [0.05, 0.1) is 6.20 Å². The van der Waals surface area contributed by atoms with E-state index in [0.29, 0.717) is 5.41 Å². The zero-order valence-corrected chi connectivity index (χ0v) is 27.4. The average molecular weight is 543 g/mol. The molecule has 0 unspecified atom stereocenters. The summed E-state index contributed by atoms with van der Waals surface area (Å²) >= 11 is 0. The molecule has 4 nitrogen and oxygen atoms in total. The smallest absolute Gasteiger partial charge is 0.0526 e. The van der Waals surface area contributed by atoms with E-state index in [4.69, 9.17) is 0 Å². The van der Waals surface area contributed by atoms with Crippen LogP contribution in [0.25, 0.3) is 0 Å². The topological polar surface area (TPSA) is 43.6 Å². The van der Waals surface area contributed by atoms with E-state index >= 15 is 0 Å². The van der Waals surface area contributed by atoms with Crippen molar-refractivity contribution in [1.29, 1.82) is 0 Å². The average Bonchev–Trinajstić information content (AvgIpc) is 3.32. The SMILES string of the molecule is CC(C)(C)c1ccccc1.CC(C)(C)c1ccccn1.CC(C)(C)c1ccncc1.Cn1cc(C(C)(C)C)cn1. The van der Waals surface area contributed by atoms with E-state index in [1.807, 2.05) is 48.6 Å². The van der Waals surface area contributed by atoms with E-state index in [2.05, 4.69) is 153 Å². The van der Waals surface area contributed by atoms with E-state index in [1.165, 1.54) is 16.7 Å². The first-order valence-corrected chi connectivity index (χ1v) is 14.2. The van der Waals surface area contributed by atoms with Crippen molar-refractivity contribution in [2.75, 3.05) is 0 Å². The molecule has 4 heteroatoms. The molecule has 3 aromatic heterocycles. The van der Waals surface area contributed by atoms with Crippen LogP contribution >= 0.6 is 0 Å². The molecule has 0 saturated heterocycles. The Kier molecular flexibility index (Phi) is 13.0. The lowest BCUT2D eigenvalue weighted by molar-refractivity contribution is 0.569. The third-order valence-electron chi connectivity index (χ3n) is 6.19. The quantitative estimate of drug-likeness (QED) is 0.222. The van der Waals surface area contributed by atoms with Crippen molar-refractivity contribution in [3.05, 3.63) is 114 Å². The second-order valence-corrected chi connectivity index (χ2v) is 14.2. The number of aryl methyl sites for hydroxylation is 1. The highest BCUT2D eigenvalue weighted by atomic mass is 15.2. The summed E-state index contributed by atoms with van der Waals surface area (Å²) in [7, 11) is 1.94. The zero-order valence-electron chi connectivity index (χ0n) is 27.4. The number of aromatic nitrogens is 4. The van der Waals surface area contributed by atoms with Crippen LogP contribution in [-0.4, -0.2) is 19.7 Å². The van der Waals surface area contributed by atoms with Crippen molar-refractivity contribution in [3.8, 4) is 0 Å². The van der Waals surface area contributed by atoms with E-state index in [0.717, 1.165) is 5.69 Å². The van der Waals surface area contributed by atoms with Crippen molar-refractivity contribution >= 4 is 0 Å². The maximum Gasteiger partial charge on any atom is 0.0526 e. The molecular weight excluding hydrogens is 488 g/mol. The molecule has 218 valence electrons. The molecule has 4 aromatic rings. The van der Waals surface area contributed by atoms with Gasteiger partial charge in [-0.15, -0.1) is 0 Å². The molecule has 0 N–H and O–H groups in total. The Hall–Kier alpha value is -3.27. The zero-order chi connectivity index (χ0) is 30.6. The second-order valence-electron chi connectivity index (χ2n) is 14.2. The lowest BCUT2D eigenvalue weighted by atomic mass is 9.87. The van der Waals surface area contributed by atoms with Crippen molar-refractivity contribution < 1.29 is 0 Å². The molecule has 3 heterocycles. The van der Waals surface area contributed by atoms with E-state index in [-0.39, 0.29) is 16.2 Å². The van der Waals surface area contributed by atoms with E-state index < -0.39 is 0 Å². The summed E-state index contributed by atoms with van der Waals surface area (Å²) in [6.45, 7) is 26.3. The second kappa shape index (κ2) is 14.9. The Bertz CT molecular complexity index is 1080. The van der Waals surface area contributed by atoms with Gasteiger partial charge in [-0.3, -0.25) is 14.6 Å². The molecule has 4 rings (SSSR count). The summed E-state index contributed by atoms with van der Waals surface area (Å²) in [6.07, 6.45) is 9.47. The molecule has 40 heavy (non-hydrogen) atoms. The number of nitrogens with zero attached hydrogens (tertiary/aromatic N) is 4. The van der Waals surface area contributed by atoms with Crippen LogP contribution in [0.3, 0.4) is 0 Å². The summed E-state index contributed by atoms with van der Waals surface area (Å²) in [5, 5.41) is 4.10. The number of hydrogen-bond acceptors (Lipinski definition) is 3. The van der Waals surface area contributed by atoms with Gasteiger partial charge in [0.25, 0.3) is 0 Å². The number of hydrogen-bond donors (Lipinski definition) is 0. The van der Waals surface area contributed by atoms with Crippen LogP contribution in [0.15, 0.2) is 91.6 Å². The van der Waals surface area contributed by atoms with Crippen molar-refractivity contribution in [2.24, 2.45) is 7.05 Å². The highest BCUT2D eigenvalue weighted by Gasteiger charge is 2.15. The largest absolute Gasteiger partial charge is 0.276 e. The Morgan fingerprint density at radius 1 is 0.500 bits per heavy atom. The lowest BCUT2D eigenvalue weighted by Crippen LogP contribution is -2.12. The van der Waals surface area contributed by atoms with Gasteiger partial charge < -0.3 is 0 Å². The summed E-state index contributed by atoms with van der Waals surface area (Å²) in [5.41, 5.74) is 6.13. The molecular formula is C36H54N4. The maximum atomic E-state index is 4.25. The minimum Gasteiger partial charge on any atom is -0.276 e. The van der Waals surface area contributed by atoms with Gasteiger partial charge in [-0.1, -0.05) is 119 Å². The number of rotatable bonds is 0. The first-order chi connectivity index (χ1) is 18.3. The first kappa shape index (κ1) is 34.8. The molecule has 1 aromatic carbocycles. The highest BCUT2D eigenvalue weighted by Crippen LogP contribution is 2.22. The van der Waals surface area contributed by atoms with Gasteiger partial charge in [0.2, 0.25) is 0 Å². The third-order valence-corrected chi connectivity index (χ3v) is 6.19. The number of benzene rings is 1. The Morgan fingerprint density at radius 3 is 1.25 bits per heavy atom. The molecule has 0 radical (unpaired) electrons. The third kappa shape index (κ3) is 13.7. The molecule has 0 spiro atoms. The fourth-order valence-corrected chi connectivity index (χ4v) is 3.40. The Balaban J connectivity index is 0.000000267. The van der Waals surface area contributed by atoms with Gasteiger partial charge in [-0.05, 0) is 57.2 Å². The standard InChI is InChI=1S/C10H14.2C9H13N.C8H14N2/c1-10(2,3)9-7-5-4-6-8-9;1-9(2,3)8-4-6-10-7-5-8;1-9(2,3)8-6-4-5-7-10-8;1-8(2,3)7-5-9-10(4)6-7/h4-8H,1-3H3;2*4-7H,1-3H3;5-6H,1-4H3. The summed E-state index contributed by atoms with van der Waals surface area (Å²) in [4.78, 5) is 8.21. The summed E-state index contributed by atoms with van der Waals surface area (Å²) in [6, 6.07) is 20.7. The Labute approximate surface area is 245 Å². The first-order valence-electron chi connectivity index (χ1n) is 14.2. The van der Waals surface area contributed by atoms with Gasteiger partial charge in [0, 0.05) is 42.9 Å². The number of pyridine rings is 2. The normalized spacial score (nSPS) is 11.6. The summed E-state index contributed by atoms with van der Waals surface area (Å²) < 4.78 is 1.83. The minimum absolute atomic E-state index is 0.182. The van der Waals surface area contributed by atoms with Gasteiger partial charge in [-0.25, -0.2) is 0 Å². The Morgan fingerprint density at radius 2 is 0.975 bits per heavy atom. The van der Waals surface area contributed by atoms with E-state index in [9.17, 15) is 0 Å². The van der Waals surface area contributed by atoms with E-state index in [1.54, 1.807) is 0 Å². The minimum atomic E-state index is 0.182. The van der Waals surface area contributed by atoms with Crippen molar-refractivity contribution in [2.45, 2.75) is 105 Å². The molecule has 0 saturated carbocycles. The van der Waals surface area contributed by atoms with Crippen LogP contribution in [-0.2, 0) is 28.7 Å². The van der Waals surface area contributed by atoms with Crippen LogP contribution in [0.2, 0.25) is 0 Å². The predicted molar refractivity (Wildman–Crippen MR) is 173 cm³/mol. The fourth-order valence-electron chi connectivity index (χ4n) is 3.40. The van der Waals surface area contributed by atoms with Crippen molar-refractivity contribution in [1.82, 2.24) is 19.7 Å². The van der Waals surface area contributed by atoms with Crippen LogP contribution in [0.1, 0.15) is 105 Å². The lowest BCUT2D eigenvalue weighted by Gasteiger charge is -2.18. The van der Waals surface area contributed by atoms with Crippen molar-refractivity contribution in [3.63, 3.8) is 0 Å². The molecule has 0 aliphatic heterocycles. The molecule has 0 aliphatic rings. The molecule has 0 fully saturated rings. The molecule has 0 amide bonds. The molecule has 0 aliphatic carbocycles. The monoisotopic (exact) mass is 542 g/mol. The van der Waals surface area contributed by atoms with Gasteiger partial charge in [0.15, 0.2) is 0 Å². The predicted octanol–water partition coefficient (Wildman–Crippen LogP) is 9.46. The molecule has 0 atom stereocenters. The van der Waals surface area contributed by atoms with Crippen LogP contribution in [0.5, 0.6) is 0 Å². The van der Waals surface area contributed by atoms with Crippen LogP contribution < -0.4 is 0 Å².